The number of rotatable bonds is 6. The number of carbonyl (C=O) groups is 2. The van der Waals surface area contributed by atoms with Gasteiger partial charge >= 0.3 is 0 Å². The van der Waals surface area contributed by atoms with Gasteiger partial charge in [0.1, 0.15) is 0 Å². The number of para-hydroxylation sites is 1. The van der Waals surface area contributed by atoms with Crippen LogP contribution in [-0.4, -0.2) is 32.3 Å². The minimum atomic E-state index is -3.77. The minimum absolute atomic E-state index is 0.00749. The summed E-state index contributed by atoms with van der Waals surface area (Å²) in [5.41, 5.74) is 0.779. The molecule has 8 heteroatoms. The van der Waals surface area contributed by atoms with Gasteiger partial charge in [0.2, 0.25) is 15.9 Å². The molecule has 28 heavy (non-hydrogen) atoms. The molecule has 3 N–H and O–H groups in total. The van der Waals surface area contributed by atoms with E-state index in [2.05, 4.69) is 15.4 Å². The summed E-state index contributed by atoms with van der Waals surface area (Å²) in [6, 6.07) is 13.2. The molecule has 0 aliphatic carbocycles. The van der Waals surface area contributed by atoms with Crippen molar-refractivity contribution in [2.24, 2.45) is 0 Å². The number of sulfonamides is 1. The third-order valence-electron chi connectivity index (χ3n) is 3.67. The second kappa shape index (κ2) is 8.53. The van der Waals surface area contributed by atoms with E-state index < -0.39 is 21.5 Å². The first-order valence-electron chi connectivity index (χ1n) is 8.76. The summed E-state index contributed by atoms with van der Waals surface area (Å²) in [6.07, 6.45) is 0. The highest BCUT2D eigenvalue weighted by molar-refractivity contribution is 7.89. The number of hydrogen-bond donors (Lipinski definition) is 3. The molecule has 0 heterocycles. The number of anilines is 1. The van der Waals surface area contributed by atoms with Crippen LogP contribution in [0.5, 0.6) is 0 Å². The summed E-state index contributed by atoms with van der Waals surface area (Å²) in [7, 11) is -3.77. The van der Waals surface area contributed by atoms with E-state index in [0.717, 1.165) is 0 Å². The van der Waals surface area contributed by atoms with Crippen molar-refractivity contribution >= 4 is 27.5 Å². The number of nitrogens with one attached hydrogen (secondary N) is 3. The first-order valence-corrected chi connectivity index (χ1v) is 10.2. The fraction of sp³-hybridized carbons (Fsp3) is 0.300. The van der Waals surface area contributed by atoms with Crippen molar-refractivity contribution in [2.45, 2.75) is 38.1 Å². The smallest absolute Gasteiger partial charge is 0.252 e. The van der Waals surface area contributed by atoms with Crippen molar-refractivity contribution in [3.63, 3.8) is 0 Å². The van der Waals surface area contributed by atoms with Crippen LogP contribution in [0.15, 0.2) is 53.4 Å². The van der Waals surface area contributed by atoms with Crippen LogP contribution in [0.3, 0.4) is 0 Å². The molecule has 2 aromatic carbocycles. The average Bonchev–Trinajstić information content (AvgIpc) is 2.58. The van der Waals surface area contributed by atoms with Gasteiger partial charge in [0.05, 0.1) is 11.4 Å². The Balaban J connectivity index is 2.10. The summed E-state index contributed by atoms with van der Waals surface area (Å²) in [6.45, 7) is 6.67. The molecule has 7 nitrogen and oxygen atoms in total. The quantitative estimate of drug-likeness (QED) is 0.689. The van der Waals surface area contributed by atoms with Gasteiger partial charge in [-0.3, -0.25) is 9.59 Å². The van der Waals surface area contributed by atoms with Crippen molar-refractivity contribution in [3.8, 4) is 0 Å². The van der Waals surface area contributed by atoms with E-state index in [9.17, 15) is 18.0 Å². The second-order valence-corrected chi connectivity index (χ2v) is 9.11. The van der Waals surface area contributed by atoms with E-state index in [4.69, 9.17) is 0 Å². The van der Waals surface area contributed by atoms with Crippen LogP contribution in [0.25, 0.3) is 0 Å². The minimum Gasteiger partial charge on any atom is -0.343 e. The lowest BCUT2D eigenvalue weighted by Crippen LogP contribution is -2.40. The lowest BCUT2D eigenvalue weighted by molar-refractivity contribution is -0.115. The Morgan fingerprint density at radius 3 is 2.25 bits per heavy atom. The fourth-order valence-corrected chi connectivity index (χ4v) is 3.90. The highest BCUT2D eigenvalue weighted by atomic mass is 32.2. The number of benzene rings is 2. The number of carbonyl (C=O) groups excluding carboxylic acids is 2. The van der Waals surface area contributed by atoms with Gasteiger partial charge in [0, 0.05) is 16.8 Å². The van der Waals surface area contributed by atoms with Gasteiger partial charge in [0.25, 0.3) is 5.91 Å². The third-order valence-corrected chi connectivity index (χ3v) is 5.43. The molecule has 150 valence electrons. The predicted molar refractivity (Wildman–Crippen MR) is 109 cm³/mol. The Labute approximate surface area is 165 Å². The molecule has 0 saturated carbocycles. The van der Waals surface area contributed by atoms with Crippen molar-refractivity contribution in [3.05, 3.63) is 59.7 Å². The van der Waals surface area contributed by atoms with Crippen LogP contribution < -0.4 is 15.4 Å². The molecule has 2 rings (SSSR count). The second-order valence-electron chi connectivity index (χ2n) is 7.43. The fourth-order valence-electron chi connectivity index (χ4n) is 2.46. The lowest BCUT2D eigenvalue weighted by atomic mass is 10.1. The van der Waals surface area contributed by atoms with E-state index in [0.29, 0.717) is 11.3 Å². The molecule has 2 amide bonds. The molecule has 0 saturated heterocycles. The van der Waals surface area contributed by atoms with Gasteiger partial charge in [0.15, 0.2) is 0 Å². The number of aryl methyl sites for hydroxylation is 1. The monoisotopic (exact) mass is 403 g/mol. The van der Waals surface area contributed by atoms with Crippen LogP contribution in [0.2, 0.25) is 0 Å². The zero-order chi connectivity index (χ0) is 20.9. The van der Waals surface area contributed by atoms with Crippen LogP contribution >= 0.6 is 0 Å². The van der Waals surface area contributed by atoms with Crippen LogP contribution in [-0.2, 0) is 14.8 Å². The van der Waals surface area contributed by atoms with Gasteiger partial charge < -0.3 is 10.6 Å². The highest BCUT2D eigenvalue weighted by Crippen LogP contribution is 2.17. The van der Waals surface area contributed by atoms with Crippen LogP contribution in [0, 0.1) is 6.92 Å². The summed E-state index contributed by atoms with van der Waals surface area (Å²) >= 11 is 0. The van der Waals surface area contributed by atoms with E-state index in [-0.39, 0.29) is 22.9 Å². The zero-order valence-electron chi connectivity index (χ0n) is 16.4. The van der Waals surface area contributed by atoms with E-state index in [1.807, 2.05) is 6.07 Å². The molecule has 0 radical (unpaired) electrons. The first-order chi connectivity index (χ1) is 13.0. The highest BCUT2D eigenvalue weighted by Gasteiger charge is 2.23. The van der Waals surface area contributed by atoms with Gasteiger partial charge in [-0.2, -0.15) is 0 Å². The molecule has 0 fully saturated rings. The van der Waals surface area contributed by atoms with Gasteiger partial charge in [-0.15, -0.1) is 0 Å². The molecule has 2 aromatic rings. The van der Waals surface area contributed by atoms with Crippen LogP contribution in [0.4, 0.5) is 5.69 Å². The Morgan fingerprint density at radius 1 is 1.00 bits per heavy atom. The maximum absolute atomic E-state index is 12.5. The Bertz CT molecular complexity index is 965. The van der Waals surface area contributed by atoms with Crippen molar-refractivity contribution < 1.29 is 18.0 Å². The van der Waals surface area contributed by atoms with Gasteiger partial charge in [-0.1, -0.05) is 24.3 Å². The predicted octanol–water partition coefficient (Wildman–Crippen LogP) is 2.44. The molecular formula is C20H25N3O4S. The Morgan fingerprint density at radius 2 is 1.64 bits per heavy atom. The topological polar surface area (TPSA) is 104 Å². The van der Waals surface area contributed by atoms with Crippen molar-refractivity contribution in [2.75, 3.05) is 11.9 Å². The zero-order valence-corrected chi connectivity index (χ0v) is 17.2. The SMILES string of the molecule is Cc1ccc(S(=O)(=O)NC(C)(C)C)cc1C(=O)NCC(=O)Nc1ccccc1. The Kier molecular flexibility index (Phi) is 6.58. The molecule has 0 aromatic heterocycles. The average molecular weight is 404 g/mol. The largest absolute Gasteiger partial charge is 0.343 e. The molecule has 0 atom stereocenters. The van der Waals surface area contributed by atoms with Crippen LogP contribution in [0.1, 0.15) is 36.7 Å². The van der Waals surface area contributed by atoms with E-state index >= 15 is 0 Å². The molecular weight excluding hydrogens is 378 g/mol. The Hall–Kier alpha value is -2.71. The number of hydrogen-bond acceptors (Lipinski definition) is 4. The maximum atomic E-state index is 12.5. The molecule has 0 bridgehead atoms. The molecule has 0 aliphatic rings. The summed E-state index contributed by atoms with van der Waals surface area (Å²) in [5, 5.41) is 5.19. The number of amides is 2. The lowest BCUT2D eigenvalue weighted by Gasteiger charge is -2.20. The first kappa shape index (κ1) is 21.6. The summed E-state index contributed by atoms with van der Waals surface area (Å²) in [5.74, 6) is -0.899. The molecule has 0 spiro atoms. The third kappa shape index (κ3) is 6.17. The maximum Gasteiger partial charge on any atom is 0.252 e. The van der Waals surface area contributed by atoms with Gasteiger partial charge in [-0.25, -0.2) is 13.1 Å². The van der Waals surface area contributed by atoms with Crippen molar-refractivity contribution in [1.29, 1.82) is 0 Å². The summed E-state index contributed by atoms with van der Waals surface area (Å²) < 4.78 is 27.5. The molecule has 0 unspecified atom stereocenters. The van der Waals surface area contributed by atoms with E-state index in [1.165, 1.54) is 12.1 Å². The standard InChI is InChI=1S/C20H25N3O4S/c1-14-10-11-16(28(26,27)23-20(2,3)4)12-17(14)19(25)21-13-18(24)22-15-8-6-5-7-9-15/h5-12,23H,13H2,1-4H3,(H,21,25)(H,22,24). The van der Waals surface area contributed by atoms with E-state index in [1.54, 1.807) is 58.0 Å². The van der Waals surface area contributed by atoms with Crippen molar-refractivity contribution in [1.82, 2.24) is 10.0 Å². The summed E-state index contributed by atoms with van der Waals surface area (Å²) in [4.78, 5) is 24.5. The van der Waals surface area contributed by atoms with Gasteiger partial charge in [-0.05, 0) is 57.5 Å². The molecule has 0 aliphatic heterocycles. The normalized spacial score (nSPS) is 11.7.